The van der Waals surface area contributed by atoms with Crippen molar-refractivity contribution in [2.45, 2.75) is 18.8 Å². The van der Waals surface area contributed by atoms with E-state index < -0.39 is 23.3 Å². The minimum absolute atomic E-state index is 0.291. The molecule has 0 aliphatic heterocycles. The molecule has 0 unspecified atom stereocenters. The highest BCUT2D eigenvalue weighted by atomic mass is 19.1. The summed E-state index contributed by atoms with van der Waals surface area (Å²) >= 11 is 0. The van der Waals surface area contributed by atoms with Crippen molar-refractivity contribution in [3.05, 3.63) is 77.1 Å². The van der Waals surface area contributed by atoms with Crippen molar-refractivity contribution in [2.24, 2.45) is 0 Å². The zero-order chi connectivity index (χ0) is 18.3. The SMILES string of the molecule is O=C(O)c1cccc(C(=O)Nc2cccc3c(C4CC4)cccc23)c1F. The van der Waals surface area contributed by atoms with E-state index in [1.165, 1.54) is 30.5 Å². The number of nitrogens with one attached hydrogen (secondary N) is 1. The van der Waals surface area contributed by atoms with E-state index >= 15 is 0 Å². The van der Waals surface area contributed by atoms with Crippen molar-refractivity contribution < 1.29 is 19.1 Å². The van der Waals surface area contributed by atoms with Crippen molar-refractivity contribution in [3.8, 4) is 0 Å². The summed E-state index contributed by atoms with van der Waals surface area (Å²) in [5.41, 5.74) is 1.03. The number of amides is 1. The Morgan fingerprint density at radius 3 is 2.31 bits per heavy atom. The van der Waals surface area contributed by atoms with Crippen LogP contribution in [0.2, 0.25) is 0 Å². The summed E-state index contributed by atoms with van der Waals surface area (Å²) in [6.07, 6.45) is 2.34. The lowest BCUT2D eigenvalue weighted by atomic mass is 10.00. The second-order valence-corrected chi connectivity index (χ2v) is 6.45. The molecule has 2 N–H and O–H groups in total. The molecule has 0 radical (unpaired) electrons. The molecular formula is C21H16FNO3. The van der Waals surface area contributed by atoms with Gasteiger partial charge >= 0.3 is 5.97 Å². The number of hydrogen-bond donors (Lipinski definition) is 2. The molecular weight excluding hydrogens is 333 g/mol. The lowest BCUT2D eigenvalue weighted by Gasteiger charge is -2.12. The third-order valence-corrected chi connectivity index (χ3v) is 4.69. The Hall–Kier alpha value is -3.21. The van der Waals surface area contributed by atoms with Crippen molar-refractivity contribution in [1.29, 1.82) is 0 Å². The van der Waals surface area contributed by atoms with Gasteiger partial charge in [0.15, 0.2) is 0 Å². The number of benzene rings is 3. The average molecular weight is 349 g/mol. The van der Waals surface area contributed by atoms with Gasteiger partial charge in [-0.1, -0.05) is 36.4 Å². The van der Waals surface area contributed by atoms with Crippen molar-refractivity contribution in [1.82, 2.24) is 0 Å². The molecule has 1 aliphatic carbocycles. The number of hydrogen-bond acceptors (Lipinski definition) is 2. The number of fused-ring (bicyclic) bond motifs is 1. The van der Waals surface area contributed by atoms with Gasteiger partial charge in [0.2, 0.25) is 0 Å². The van der Waals surface area contributed by atoms with Crippen LogP contribution >= 0.6 is 0 Å². The van der Waals surface area contributed by atoms with Crippen LogP contribution in [0.4, 0.5) is 10.1 Å². The summed E-state index contributed by atoms with van der Waals surface area (Å²) in [6.45, 7) is 0. The molecule has 0 spiro atoms. The standard InChI is InChI=1S/C21H16FNO3/c22-19-16(7-2-8-17(19)21(25)26)20(24)23-18-9-3-5-14-13(12-10-11-12)4-1-6-15(14)18/h1-9,12H,10-11H2,(H,23,24)(H,25,26). The summed E-state index contributed by atoms with van der Waals surface area (Å²) in [5, 5.41) is 13.7. The van der Waals surface area contributed by atoms with Crippen LogP contribution in [0, 0.1) is 5.82 Å². The van der Waals surface area contributed by atoms with Crippen LogP contribution in [0.1, 0.15) is 45.0 Å². The van der Waals surface area contributed by atoms with Crippen LogP contribution in [-0.2, 0) is 0 Å². The maximum absolute atomic E-state index is 14.3. The highest BCUT2D eigenvalue weighted by Crippen LogP contribution is 2.43. The van der Waals surface area contributed by atoms with Crippen LogP contribution in [-0.4, -0.2) is 17.0 Å². The van der Waals surface area contributed by atoms with Crippen molar-refractivity contribution in [3.63, 3.8) is 0 Å². The Morgan fingerprint density at radius 1 is 0.923 bits per heavy atom. The Morgan fingerprint density at radius 2 is 1.58 bits per heavy atom. The third-order valence-electron chi connectivity index (χ3n) is 4.69. The van der Waals surface area contributed by atoms with E-state index in [2.05, 4.69) is 11.4 Å². The fraction of sp³-hybridized carbons (Fsp3) is 0.143. The van der Waals surface area contributed by atoms with Gasteiger partial charge < -0.3 is 10.4 Å². The first-order chi connectivity index (χ1) is 12.6. The smallest absolute Gasteiger partial charge is 0.338 e. The van der Waals surface area contributed by atoms with Gasteiger partial charge in [-0.15, -0.1) is 0 Å². The number of rotatable bonds is 4. The second kappa shape index (κ2) is 6.26. The number of halogens is 1. The molecule has 0 atom stereocenters. The largest absolute Gasteiger partial charge is 0.478 e. The Labute approximate surface area is 149 Å². The molecule has 3 aromatic rings. The highest BCUT2D eigenvalue weighted by molar-refractivity contribution is 6.10. The topological polar surface area (TPSA) is 66.4 Å². The molecule has 0 saturated heterocycles. The first-order valence-corrected chi connectivity index (χ1v) is 8.41. The lowest BCUT2D eigenvalue weighted by Crippen LogP contribution is -2.16. The lowest BCUT2D eigenvalue weighted by molar-refractivity contribution is 0.0692. The zero-order valence-corrected chi connectivity index (χ0v) is 13.8. The average Bonchev–Trinajstić information content (AvgIpc) is 3.46. The summed E-state index contributed by atoms with van der Waals surface area (Å²) in [4.78, 5) is 23.6. The van der Waals surface area contributed by atoms with E-state index in [9.17, 15) is 14.0 Å². The van der Waals surface area contributed by atoms with Gasteiger partial charge in [-0.3, -0.25) is 4.79 Å². The molecule has 0 heterocycles. The number of carboxylic acids is 1. The second-order valence-electron chi connectivity index (χ2n) is 6.45. The fourth-order valence-electron chi connectivity index (χ4n) is 3.26. The van der Waals surface area contributed by atoms with E-state index in [-0.39, 0.29) is 5.56 Å². The predicted octanol–water partition coefficient (Wildman–Crippen LogP) is 4.81. The summed E-state index contributed by atoms with van der Waals surface area (Å²) in [5.74, 6) is -2.54. The van der Waals surface area contributed by atoms with Crippen LogP contribution in [0.15, 0.2) is 54.6 Å². The minimum Gasteiger partial charge on any atom is -0.478 e. The number of carboxylic acid groups (broad SMARTS) is 1. The Balaban J connectivity index is 1.72. The summed E-state index contributed by atoms with van der Waals surface area (Å²) < 4.78 is 14.3. The number of anilines is 1. The van der Waals surface area contributed by atoms with Gasteiger partial charge in [-0.2, -0.15) is 0 Å². The number of carbonyl (C=O) groups excluding carboxylic acids is 1. The maximum Gasteiger partial charge on any atom is 0.338 e. The molecule has 130 valence electrons. The van der Waals surface area contributed by atoms with E-state index in [1.807, 2.05) is 24.3 Å². The van der Waals surface area contributed by atoms with E-state index in [0.29, 0.717) is 11.6 Å². The first kappa shape index (κ1) is 16.3. The molecule has 26 heavy (non-hydrogen) atoms. The van der Waals surface area contributed by atoms with Crippen molar-refractivity contribution in [2.75, 3.05) is 5.32 Å². The molecule has 0 aromatic heterocycles. The Bertz CT molecular complexity index is 1040. The van der Waals surface area contributed by atoms with Gasteiger partial charge in [-0.05, 0) is 47.9 Å². The third kappa shape index (κ3) is 2.81. The monoisotopic (exact) mass is 349 g/mol. The molecule has 4 nitrogen and oxygen atoms in total. The van der Waals surface area contributed by atoms with E-state index in [1.54, 1.807) is 6.07 Å². The van der Waals surface area contributed by atoms with Crippen LogP contribution < -0.4 is 5.32 Å². The normalized spacial score (nSPS) is 13.6. The molecule has 1 saturated carbocycles. The minimum atomic E-state index is -1.41. The van der Waals surface area contributed by atoms with Gasteiger partial charge in [0.25, 0.3) is 5.91 Å². The summed E-state index contributed by atoms with van der Waals surface area (Å²) in [7, 11) is 0. The Kier molecular flexibility index (Phi) is 3.92. The molecule has 0 bridgehead atoms. The number of aromatic carboxylic acids is 1. The maximum atomic E-state index is 14.3. The molecule has 3 aromatic carbocycles. The van der Waals surface area contributed by atoms with Crippen molar-refractivity contribution >= 4 is 28.3 Å². The molecule has 1 amide bonds. The van der Waals surface area contributed by atoms with Gasteiger partial charge in [-0.25, -0.2) is 9.18 Å². The molecule has 4 rings (SSSR count). The predicted molar refractivity (Wildman–Crippen MR) is 97.2 cm³/mol. The molecule has 5 heteroatoms. The molecule has 1 aliphatic rings. The highest BCUT2D eigenvalue weighted by Gasteiger charge is 2.25. The van der Waals surface area contributed by atoms with E-state index in [0.717, 1.165) is 16.8 Å². The van der Waals surface area contributed by atoms with Crippen LogP contribution in [0.3, 0.4) is 0 Å². The van der Waals surface area contributed by atoms with Gasteiger partial charge in [0, 0.05) is 11.1 Å². The van der Waals surface area contributed by atoms with Gasteiger partial charge in [0.05, 0.1) is 11.1 Å². The molecule has 1 fully saturated rings. The fourth-order valence-corrected chi connectivity index (χ4v) is 3.26. The quantitative estimate of drug-likeness (QED) is 0.710. The van der Waals surface area contributed by atoms with Gasteiger partial charge in [0.1, 0.15) is 5.82 Å². The van der Waals surface area contributed by atoms with Crippen LogP contribution in [0.25, 0.3) is 10.8 Å². The van der Waals surface area contributed by atoms with Crippen LogP contribution in [0.5, 0.6) is 0 Å². The number of carbonyl (C=O) groups is 2. The summed E-state index contributed by atoms with van der Waals surface area (Å²) in [6, 6.07) is 15.4. The van der Waals surface area contributed by atoms with E-state index in [4.69, 9.17) is 5.11 Å². The zero-order valence-electron chi connectivity index (χ0n) is 13.8. The first-order valence-electron chi connectivity index (χ1n) is 8.41.